The number of hydrogen-bond acceptors (Lipinski definition) is 3. The molecule has 0 saturated heterocycles. The van der Waals surface area contributed by atoms with Gasteiger partial charge in [0, 0.05) is 12.1 Å². The minimum atomic E-state index is -0.159. The fraction of sp³-hybridized carbons (Fsp3) is 0.143. The number of aromatic nitrogens is 1. The van der Waals surface area contributed by atoms with Gasteiger partial charge in [0.15, 0.2) is 0 Å². The van der Waals surface area contributed by atoms with Crippen LogP contribution in [0.4, 0.5) is 11.5 Å². The van der Waals surface area contributed by atoms with E-state index in [1.807, 2.05) is 49.4 Å². The summed E-state index contributed by atoms with van der Waals surface area (Å²) >= 11 is 0. The van der Waals surface area contributed by atoms with Crippen molar-refractivity contribution in [2.45, 2.75) is 20.4 Å². The van der Waals surface area contributed by atoms with Crippen molar-refractivity contribution in [1.82, 2.24) is 4.98 Å². The maximum Gasteiger partial charge on any atom is 0.256 e. The van der Waals surface area contributed by atoms with Crippen LogP contribution >= 0.6 is 0 Å². The van der Waals surface area contributed by atoms with Crippen molar-refractivity contribution < 1.29 is 4.79 Å². The van der Waals surface area contributed by atoms with E-state index < -0.39 is 0 Å². The normalized spacial score (nSPS) is 10.3. The summed E-state index contributed by atoms with van der Waals surface area (Å²) in [6.45, 7) is 4.83. The number of rotatable bonds is 5. The maximum atomic E-state index is 12.2. The van der Waals surface area contributed by atoms with Crippen molar-refractivity contribution in [2.24, 2.45) is 0 Å². The zero-order valence-corrected chi connectivity index (χ0v) is 14.4. The molecule has 0 atom stereocenters. The Morgan fingerprint density at radius 3 is 2.40 bits per heavy atom. The largest absolute Gasteiger partial charge is 0.380 e. The molecule has 3 aromatic rings. The zero-order valence-electron chi connectivity index (χ0n) is 14.4. The fourth-order valence-electron chi connectivity index (χ4n) is 2.47. The number of carbonyl (C=O) groups is 1. The smallest absolute Gasteiger partial charge is 0.256 e. The van der Waals surface area contributed by atoms with Gasteiger partial charge < -0.3 is 10.6 Å². The van der Waals surface area contributed by atoms with Gasteiger partial charge in [-0.2, -0.15) is 0 Å². The molecular formula is C21H21N3O. The summed E-state index contributed by atoms with van der Waals surface area (Å²) in [4.78, 5) is 16.5. The Morgan fingerprint density at radius 2 is 1.72 bits per heavy atom. The summed E-state index contributed by atoms with van der Waals surface area (Å²) in [5, 5.41) is 6.15. The molecule has 3 rings (SSSR count). The van der Waals surface area contributed by atoms with E-state index in [4.69, 9.17) is 0 Å². The van der Waals surface area contributed by atoms with Crippen LogP contribution in [0.15, 0.2) is 66.9 Å². The number of nitrogens with zero attached hydrogens (tertiary/aromatic N) is 1. The molecule has 0 aliphatic rings. The average Bonchev–Trinajstić information content (AvgIpc) is 2.63. The lowest BCUT2D eigenvalue weighted by molar-refractivity contribution is 0.102. The first-order chi connectivity index (χ1) is 12.1. The van der Waals surface area contributed by atoms with Gasteiger partial charge in [0.1, 0.15) is 5.82 Å². The van der Waals surface area contributed by atoms with Gasteiger partial charge in [-0.05, 0) is 49.2 Å². The highest BCUT2D eigenvalue weighted by Gasteiger charge is 2.06. The quantitative estimate of drug-likeness (QED) is 0.720. The third-order valence-corrected chi connectivity index (χ3v) is 4.06. The van der Waals surface area contributed by atoms with Crippen molar-refractivity contribution in [3.63, 3.8) is 0 Å². The van der Waals surface area contributed by atoms with E-state index in [0.717, 1.165) is 17.8 Å². The van der Waals surface area contributed by atoms with Crippen LogP contribution in [-0.4, -0.2) is 10.9 Å². The number of carbonyl (C=O) groups excluding carboxylic acids is 1. The molecule has 0 spiro atoms. The van der Waals surface area contributed by atoms with Gasteiger partial charge in [-0.1, -0.05) is 42.0 Å². The Labute approximate surface area is 147 Å². The second-order valence-corrected chi connectivity index (χ2v) is 6.03. The number of amides is 1. The third-order valence-electron chi connectivity index (χ3n) is 4.06. The Hall–Kier alpha value is -3.14. The van der Waals surface area contributed by atoms with Crippen LogP contribution in [0, 0.1) is 13.8 Å². The summed E-state index contributed by atoms with van der Waals surface area (Å²) in [7, 11) is 0. The number of anilines is 2. The first-order valence-electron chi connectivity index (χ1n) is 8.24. The Bertz CT molecular complexity index is 855. The third kappa shape index (κ3) is 4.44. The number of aryl methyl sites for hydroxylation is 2. The lowest BCUT2D eigenvalue weighted by Crippen LogP contribution is -2.13. The summed E-state index contributed by atoms with van der Waals surface area (Å²) in [5.74, 6) is 0.375. The van der Waals surface area contributed by atoms with Crippen molar-refractivity contribution in [2.75, 3.05) is 10.6 Å². The van der Waals surface area contributed by atoms with Gasteiger partial charge in [0.2, 0.25) is 0 Å². The molecule has 0 unspecified atom stereocenters. The van der Waals surface area contributed by atoms with Crippen LogP contribution in [0.2, 0.25) is 0 Å². The predicted molar refractivity (Wildman–Crippen MR) is 102 cm³/mol. The fourth-order valence-corrected chi connectivity index (χ4v) is 2.47. The zero-order chi connectivity index (χ0) is 17.6. The summed E-state index contributed by atoms with van der Waals surface area (Å²) in [5.41, 5.74) is 5.16. The van der Waals surface area contributed by atoms with Gasteiger partial charge in [-0.3, -0.25) is 4.79 Å². The molecule has 4 heteroatoms. The average molecular weight is 331 g/mol. The highest BCUT2D eigenvalue weighted by atomic mass is 16.1. The summed E-state index contributed by atoms with van der Waals surface area (Å²) in [6.07, 6.45) is 1.73. The van der Waals surface area contributed by atoms with E-state index >= 15 is 0 Å². The Kier molecular flexibility index (Phi) is 5.09. The highest BCUT2D eigenvalue weighted by molar-refractivity contribution is 6.03. The molecule has 0 bridgehead atoms. The van der Waals surface area contributed by atoms with E-state index in [9.17, 15) is 4.79 Å². The van der Waals surface area contributed by atoms with Crippen molar-refractivity contribution in [1.29, 1.82) is 0 Å². The number of nitrogens with one attached hydrogen (secondary N) is 2. The monoisotopic (exact) mass is 331 g/mol. The minimum Gasteiger partial charge on any atom is -0.380 e. The lowest BCUT2D eigenvalue weighted by atomic mass is 10.1. The van der Waals surface area contributed by atoms with E-state index in [1.54, 1.807) is 12.3 Å². The van der Waals surface area contributed by atoms with Crippen LogP contribution in [0.3, 0.4) is 0 Å². The van der Waals surface area contributed by atoms with Gasteiger partial charge in [0.05, 0.1) is 11.9 Å². The van der Waals surface area contributed by atoms with E-state index in [2.05, 4.69) is 34.7 Å². The first-order valence-corrected chi connectivity index (χ1v) is 8.24. The molecule has 25 heavy (non-hydrogen) atoms. The van der Waals surface area contributed by atoms with Gasteiger partial charge in [-0.25, -0.2) is 4.98 Å². The molecule has 0 aliphatic carbocycles. The van der Waals surface area contributed by atoms with E-state index in [0.29, 0.717) is 11.4 Å². The Morgan fingerprint density at radius 1 is 0.960 bits per heavy atom. The molecule has 0 radical (unpaired) electrons. The van der Waals surface area contributed by atoms with E-state index in [1.165, 1.54) is 11.1 Å². The lowest BCUT2D eigenvalue weighted by Gasteiger charge is -2.10. The second kappa shape index (κ2) is 7.62. The van der Waals surface area contributed by atoms with Crippen LogP contribution in [0.25, 0.3) is 0 Å². The molecule has 0 fully saturated rings. The molecule has 1 amide bonds. The maximum absolute atomic E-state index is 12.2. The van der Waals surface area contributed by atoms with Gasteiger partial charge in [0.25, 0.3) is 5.91 Å². The topological polar surface area (TPSA) is 54.0 Å². The van der Waals surface area contributed by atoms with Crippen molar-refractivity contribution in [3.05, 3.63) is 89.1 Å². The molecular weight excluding hydrogens is 310 g/mol. The summed E-state index contributed by atoms with van der Waals surface area (Å²) < 4.78 is 0. The molecule has 2 aromatic carbocycles. The number of benzene rings is 2. The molecule has 0 saturated carbocycles. The number of hydrogen-bond donors (Lipinski definition) is 2. The Balaban J connectivity index is 1.59. The SMILES string of the molecule is Cc1ccc(C(=O)Nc2ccc(NCc3ccccc3C)cn2)cc1. The first kappa shape index (κ1) is 16.7. The molecule has 126 valence electrons. The van der Waals surface area contributed by atoms with Crippen LogP contribution in [0.1, 0.15) is 27.0 Å². The van der Waals surface area contributed by atoms with Crippen molar-refractivity contribution >= 4 is 17.4 Å². The van der Waals surface area contributed by atoms with E-state index in [-0.39, 0.29) is 5.91 Å². The van der Waals surface area contributed by atoms with Crippen molar-refractivity contribution in [3.8, 4) is 0 Å². The standard InChI is InChI=1S/C21H21N3O/c1-15-7-9-17(10-8-15)21(25)24-20-12-11-19(14-23-20)22-13-18-6-4-3-5-16(18)2/h3-12,14,22H,13H2,1-2H3,(H,23,24,25). The van der Waals surface area contributed by atoms with Gasteiger partial charge >= 0.3 is 0 Å². The second-order valence-electron chi connectivity index (χ2n) is 6.03. The van der Waals surface area contributed by atoms with Crippen LogP contribution in [0.5, 0.6) is 0 Å². The molecule has 2 N–H and O–H groups in total. The summed E-state index contributed by atoms with van der Waals surface area (Å²) in [6, 6.07) is 19.4. The minimum absolute atomic E-state index is 0.159. The molecule has 1 aromatic heterocycles. The van der Waals surface area contributed by atoms with Gasteiger partial charge in [-0.15, -0.1) is 0 Å². The molecule has 4 nitrogen and oxygen atoms in total. The molecule has 1 heterocycles. The number of pyridine rings is 1. The molecule has 0 aliphatic heterocycles. The van der Waals surface area contributed by atoms with Crippen LogP contribution in [-0.2, 0) is 6.54 Å². The highest BCUT2D eigenvalue weighted by Crippen LogP contribution is 2.14. The predicted octanol–water partition coefficient (Wildman–Crippen LogP) is 4.56. The van der Waals surface area contributed by atoms with Crippen LogP contribution < -0.4 is 10.6 Å².